The quantitative estimate of drug-likeness (QED) is 0.0249. The Morgan fingerprint density at radius 2 is 1.06 bits per heavy atom. The predicted molar refractivity (Wildman–Crippen MR) is 201 cm³/mol. The second-order valence-electron chi connectivity index (χ2n) is 12.6. The van der Waals surface area contributed by atoms with E-state index in [-0.39, 0.29) is 19.4 Å². The van der Waals surface area contributed by atoms with Gasteiger partial charge in [0, 0.05) is 12.8 Å². The Hall–Kier alpha value is -2.07. The van der Waals surface area contributed by atoms with Gasteiger partial charge in [-0.3, -0.25) is 18.6 Å². The van der Waals surface area contributed by atoms with Crippen LogP contribution in [0.15, 0.2) is 48.6 Å². The van der Waals surface area contributed by atoms with Crippen molar-refractivity contribution in [2.24, 2.45) is 0 Å². The van der Waals surface area contributed by atoms with Crippen LogP contribution in [0.25, 0.3) is 0 Å². The van der Waals surface area contributed by atoms with Crippen LogP contribution in [-0.4, -0.2) is 65.7 Å². The Kier molecular flexibility index (Phi) is 33.9. The maximum Gasteiger partial charge on any atom is 0.472 e. The van der Waals surface area contributed by atoms with Crippen molar-refractivity contribution in [1.29, 1.82) is 0 Å². The van der Waals surface area contributed by atoms with Crippen LogP contribution in [0.1, 0.15) is 149 Å². The summed E-state index contributed by atoms with van der Waals surface area (Å²) in [7, 11) is -4.62. The number of unbranched alkanes of at least 4 members (excludes halogenated alkanes) is 13. The van der Waals surface area contributed by atoms with Gasteiger partial charge in [0.25, 0.3) is 0 Å². The van der Waals surface area contributed by atoms with Crippen LogP contribution in [0.5, 0.6) is 0 Å². The van der Waals surface area contributed by atoms with Crippen molar-refractivity contribution in [3.05, 3.63) is 48.6 Å². The molecule has 0 aromatic rings. The van der Waals surface area contributed by atoms with Crippen LogP contribution in [0, 0.1) is 0 Å². The third-order valence-corrected chi connectivity index (χ3v) is 8.69. The number of hydrogen-bond acceptors (Lipinski definition) is 9. The van der Waals surface area contributed by atoms with E-state index in [1.807, 2.05) is 12.2 Å². The summed E-state index contributed by atoms with van der Waals surface area (Å²) in [6.07, 6.45) is 35.2. The third-order valence-electron chi connectivity index (χ3n) is 7.74. The van der Waals surface area contributed by atoms with Gasteiger partial charge in [0.05, 0.1) is 19.8 Å². The molecule has 0 radical (unpaired) electrons. The van der Waals surface area contributed by atoms with Crippen molar-refractivity contribution < 1.29 is 47.8 Å². The monoisotopic (exact) mass is 728 g/mol. The normalized spacial score (nSPS) is 14.6. The fourth-order valence-electron chi connectivity index (χ4n) is 4.75. The smallest absolute Gasteiger partial charge is 0.462 e. The maximum absolute atomic E-state index is 12.5. The summed E-state index contributed by atoms with van der Waals surface area (Å²) in [5.41, 5.74) is 0. The molecule has 3 N–H and O–H groups in total. The molecular formula is C39H69O10P. The molecule has 0 aromatic carbocycles. The van der Waals surface area contributed by atoms with Crippen molar-refractivity contribution in [3.8, 4) is 0 Å². The zero-order chi connectivity index (χ0) is 37.0. The van der Waals surface area contributed by atoms with Gasteiger partial charge in [0.2, 0.25) is 0 Å². The Morgan fingerprint density at radius 3 is 1.62 bits per heavy atom. The van der Waals surface area contributed by atoms with Gasteiger partial charge < -0.3 is 24.6 Å². The average molecular weight is 729 g/mol. The summed E-state index contributed by atoms with van der Waals surface area (Å²) in [5.74, 6) is -0.995. The van der Waals surface area contributed by atoms with Gasteiger partial charge in [-0.1, -0.05) is 133 Å². The molecule has 0 amide bonds. The zero-order valence-electron chi connectivity index (χ0n) is 31.1. The minimum absolute atomic E-state index is 0.108. The molecule has 0 heterocycles. The number of carbonyl (C=O) groups excluding carboxylic acids is 2. The van der Waals surface area contributed by atoms with E-state index >= 15 is 0 Å². The molecule has 0 fully saturated rings. The van der Waals surface area contributed by atoms with Crippen molar-refractivity contribution in [3.63, 3.8) is 0 Å². The van der Waals surface area contributed by atoms with Crippen molar-refractivity contribution in [2.45, 2.75) is 161 Å². The second-order valence-corrected chi connectivity index (χ2v) is 14.1. The molecule has 0 aliphatic heterocycles. The lowest BCUT2D eigenvalue weighted by Crippen LogP contribution is -2.29. The first-order valence-corrected chi connectivity index (χ1v) is 20.6. The standard InChI is InChI=1S/C39H69O10P/c1-3-5-7-9-11-13-15-16-17-18-19-20-21-23-25-27-29-31-39(43)49-37(35-48-50(44,45)47-33-36(41)32-40)34-46-38(42)30-28-26-24-22-14-12-10-8-6-4-2/h11,13,16-17,19-20,23,25,36-37,40-41H,3-10,12,14-15,18,21-22,24,26-35H2,1-2H3,(H,44,45)/b13-11+,17-16+,20-19+,25-23+/t36-,37+/m0/s1. The lowest BCUT2D eigenvalue weighted by molar-refractivity contribution is -0.161. The number of phosphoric ester groups is 1. The van der Waals surface area contributed by atoms with Crippen LogP contribution in [0.3, 0.4) is 0 Å². The number of rotatable bonds is 35. The molecule has 290 valence electrons. The summed E-state index contributed by atoms with van der Waals surface area (Å²) >= 11 is 0. The molecule has 0 bridgehead atoms. The first kappa shape index (κ1) is 47.9. The minimum Gasteiger partial charge on any atom is -0.462 e. The second kappa shape index (κ2) is 35.3. The molecule has 0 saturated carbocycles. The van der Waals surface area contributed by atoms with Crippen molar-refractivity contribution in [1.82, 2.24) is 0 Å². The number of allylic oxidation sites excluding steroid dienone is 8. The van der Waals surface area contributed by atoms with E-state index in [0.29, 0.717) is 19.3 Å². The van der Waals surface area contributed by atoms with E-state index in [1.54, 1.807) is 0 Å². The molecule has 0 aliphatic carbocycles. The molecule has 50 heavy (non-hydrogen) atoms. The highest BCUT2D eigenvalue weighted by Gasteiger charge is 2.27. The number of aliphatic hydroxyl groups is 2. The van der Waals surface area contributed by atoms with Gasteiger partial charge >= 0.3 is 19.8 Å². The summed E-state index contributed by atoms with van der Waals surface area (Å²) in [6.45, 7) is 2.25. The van der Waals surface area contributed by atoms with Gasteiger partial charge in [0.1, 0.15) is 12.7 Å². The number of ether oxygens (including phenoxy) is 2. The van der Waals surface area contributed by atoms with Gasteiger partial charge in [-0.25, -0.2) is 4.57 Å². The van der Waals surface area contributed by atoms with Crippen LogP contribution in [0.2, 0.25) is 0 Å². The van der Waals surface area contributed by atoms with Gasteiger partial charge in [-0.2, -0.15) is 0 Å². The number of aliphatic hydroxyl groups excluding tert-OH is 2. The highest BCUT2D eigenvalue weighted by Crippen LogP contribution is 2.43. The predicted octanol–water partition coefficient (Wildman–Crippen LogP) is 9.38. The zero-order valence-corrected chi connectivity index (χ0v) is 32.0. The number of carbonyl (C=O) groups is 2. The van der Waals surface area contributed by atoms with Gasteiger partial charge in [-0.05, 0) is 51.4 Å². The molecule has 0 aromatic heterocycles. The van der Waals surface area contributed by atoms with E-state index in [4.69, 9.17) is 19.1 Å². The van der Waals surface area contributed by atoms with Crippen LogP contribution in [-0.2, 0) is 32.7 Å². The topological polar surface area (TPSA) is 149 Å². The minimum atomic E-state index is -4.62. The third kappa shape index (κ3) is 34.4. The number of phosphoric acid groups is 1. The Labute approximate surface area is 303 Å². The van der Waals surface area contributed by atoms with Gasteiger partial charge in [0.15, 0.2) is 6.10 Å². The molecule has 3 atom stereocenters. The number of hydrogen-bond donors (Lipinski definition) is 3. The van der Waals surface area contributed by atoms with E-state index in [2.05, 4.69) is 54.8 Å². The fourth-order valence-corrected chi connectivity index (χ4v) is 5.54. The molecule has 0 saturated heterocycles. The molecule has 0 rings (SSSR count). The summed E-state index contributed by atoms with van der Waals surface area (Å²) in [5, 5.41) is 18.3. The highest BCUT2D eigenvalue weighted by molar-refractivity contribution is 7.47. The van der Waals surface area contributed by atoms with Crippen molar-refractivity contribution in [2.75, 3.05) is 26.4 Å². The first-order valence-electron chi connectivity index (χ1n) is 19.1. The van der Waals surface area contributed by atoms with Crippen LogP contribution < -0.4 is 0 Å². The Bertz CT molecular complexity index is 978. The molecule has 1 unspecified atom stereocenters. The van der Waals surface area contributed by atoms with E-state index in [9.17, 15) is 24.2 Å². The van der Waals surface area contributed by atoms with Crippen LogP contribution >= 0.6 is 7.82 Å². The molecule has 0 aliphatic rings. The Balaban J connectivity index is 4.48. The number of esters is 2. The molecular weight excluding hydrogens is 659 g/mol. The lowest BCUT2D eigenvalue weighted by atomic mass is 10.1. The van der Waals surface area contributed by atoms with Gasteiger partial charge in [-0.15, -0.1) is 0 Å². The largest absolute Gasteiger partial charge is 0.472 e. The molecule has 11 heteroatoms. The fraction of sp³-hybridized carbons (Fsp3) is 0.744. The summed E-state index contributed by atoms with van der Waals surface area (Å²) < 4.78 is 32.5. The average Bonchev–Trinajstić information content (AvgIpc) is 3.10. The van der Waals surface area contributed by atoms with Crippen molar-refractivity contribution >= 4 is 19.8 Å². The molecule has 0 spiro atoms. The van der Waals surface area contributed by atoms with E-state index in [1.165, 1.54) is 57.8 Å². The highest BCUT2D eigenvalue weighted by atomic mass is 31.2. The summed E-state index contributed by atoms with van der Waals surface area (Å²) in [6, 6.07) is 0. The SMILES string of the molecule is CCCCC/C=C/C/C=C/C/C=C/C/C=C/CCCC(=O)O[C@H](COC(=O)CCCCCCCCCCCC)COP(=O)(O)OC[C@@H](O)CO. The van der Waals surface area contributed by atoms with Crippen LogP contribution in [0.4, 0.5) is 0 Å². The lowest BCUT2D eigenvalue weighted by Gasteiger charge is -2.20. The maximum atomic E-state index is 12.5. The summed E-state index contributed by atoms with van der Waals surface area (Å²) in [4.78, 5) is 34.7. The van der Waals surface area contributed by atoms with E-state index < -0.39 is 51.8 Å². The first-order chi connectivity index (χ1) is 24.2. The van der Waals surface area contributed by atoms with E-state index in [0.717, 1.165) is 44.9 Å². The molecule has 10 nitrogen and oxygen atoms in total. The Morgan fingerprint density at radius 1 is 0.600 bits per heavy atom.